The first-order valence-corrected chi connectivity index (χ1v) is 9.58. The number of methoxy groups -OCH3 is 1. The molecule has 7 heteroatoms. The fourth-order valence-corrected chi connectivity index (χ4v) is 3.19. The normalized spacial score (nSPS) is 11.6. The largest absolute Gasteiger partial charge is 0.496 e. The standard InChI is InChI=1S/C24H23FN3O3/c1-24(2,3)19-11-15(18-12-16(25)13-27-23(18)30)10-14(21(19)31-4)8-9-17-6-5-7-20(28-17)22(26)29/h5-6,8-13H,1-4H3,(H2,26,29)(H,27,30)/b9-8+. The van der Waals surface area contributed by atoms with Crippen molar-refractivity contribution in [2.45, 2.75) is 26.2 Å². The Morgan fingerprint density at radius 2 is 2.00 bits per heavy atom. The van der Waals surface area contributed by atoms with E-state index in [1.54, 1.807) is 37.5 Å². The van der Waals surface area contributed by atoms with Gasteiger partial charge >= 0.3 is 0 Å². The molecule has 31 heavy (non-hydrogen) atoms. The lowest BCUT2D eigenvalue weighted by atomic mass is 9.83. The number of amides is 1. The molecule has 3 N–H and O–H groups in total. The number of nitrogens with one attached hydrogen (secondary N) is 1. The number of primary amides is 1. The molecule has 0 unspecified atom stereocenters. The van der Waals surface area contributed by atoms with Gasteiger partial charge in [-0.3, -0.25) is 9.59 Å². The number of halogens is 1. The molecule has 0 spiro atoms. The van der Waals surface area contributed by atoms with Crippen molar-refractivity contribution in [3.05, 3.63) is 81.3 Å². The lowest BCUT2D eigenvalue weighted by molar-refractivity contribution is 0.0995. The van der Waals surface area contributed by atoms with Crippen LogP contribution in [0.1, 0.15) is 48.1 Å². The zero-order chi connectivity index (χ0) is 22.8. The number of rotatable bonds is 5. The lowest BCUT2D eigenvalue weighted by Crippen LogP contribution is -2.15. The predicted octanol–water partition coefficient (Wildman–Crippen LogP) is 3.95. The Morgan fingerprint density at radius 3 is 2.65 bits per heavy atom. The first-order valence-electron chi connectivity index (χ1n) is 9.58. The average Bonchev–Trinajstić information content (AvgIpc) is 2.72. The maximum Gasteiger partial charge on any atom is 0.267 e. The van der Waals surface area contributed by atoms with Crippen molar-refractivity contribution >= 4 is 18.1 Å². The lowest BCUT2D eigenvalue weighted by Gasteiger charge is -2.24. The number of nitrogens with zero attached hydrogens (tertiary/aromatic N) is 1. The van der Waals surface area contributed by atoms with Gasteiger partial charge in [0, 0.05) is 29.0 Å². The van der Waals surface area contributed by atoms with Crippen LogP contribution in [0, 0.1) is 11.9 Å². The highest BCUT2D eigenvalue weighted by molar-refractivity contribution is 5.90. The monoisotopic (exact) mass is 420 g/mol. The molecule has 3 aromatic rings. The number of aromatic amines is 1. The molecule has 6 nitrogen and oxygen atoms in total. The minimum Gasteiger partial charge on any atom is -0.496 e. The second-order valence-corrected chi connectivity index (χ2v) is 8.02. The quantitative estimate of drug-likeness (QED) is 0.653. The summed E-state index contributed by atoms with van der Waals surface area (Å²) in [6, 6.07) is 10.7. The van der Waals surface area contributed by atoms with Crippen molar-refractivity contribution in [2.24, 2.45) is 5.73 Å². The van der Waals surface area contributed by atoms with E-state index >= 15 is 0 Å². The molecule has 1 radical (unpaired) electrons. The summed E-state index contributed by atoms with van der Waals surface area (Å²) in [5.41, 5.74) is 7.38. The van der Waals surface area contributed by atoms with E-state index in [1.165, 1.54) is 6.07 Å². The van der Waals surface area contributed by atoms with E-state index in [-0.39, 0.29) is 16.7 Å². The van der Waals surface area contributed by atoms with E-state index in [9.17, 15) is 14.0 Å². The number of nitrogens with two attached hydrogens (primary N) is 1. The SMILES string of the molecule is COc1c(/C=C/c2cc[c]c(C(N)=O)n2)cc(-c2cc(F)c[nH]c2=O)cc1C(C)(C)C. The molecule has 0 fully saturated rings. The molecule has 0 aliphatic heterocycles. The summed E-state index contributed by atoms with van der Waals surface area (Å²) in [6.45, 7) is 6.06. The Bertz CT molecular complexity index is 1220. The minimum absolute atomic E-state index is 0.0320. The maximum atomic E-state index is 13.8. The summed E-state index contributed by atoms with van der Waals surface area (Å²) in [5, 5.41) is 0. The van der Waals surface area contributed by atoms with Crippen LogP contribution in [0.25, 0.3) is 23.3 Å². The van der Waals surface area contributed by atoms with E-state index in [1.807, 2.05) is 26.8 Å². The molecule has 1 amide bonds. The second-order valence-electron chi connectivity index (χ2n) is 8.02. The van der Waals surface area contributed by atoms with Gasteiger partial charge in [0.1, 0.15) is 17.3 Å². The fraction of sp³-hybridized carbons (Fsp3) is 0.208. The highest BCUT2D eigenvalue weighted by Gasteiger charge is 2.23. The van der Waals surface area contributed by atoms with Gasteiger partial charge in [-0.2, -0.15) is 0 Å². The van der Waals surface area contributed by atoms with Crippen LogP contribution in [-0.2, 0) is 5.41 Å². The van der Waals surface area contributed by atoms with Gasteiger partial charge in [-0.1, -0.05) is 20.8 Å². The number of benzene rings is 1. The molecular weight excluding hydrogens is 397 g/mol. The van der Waals surface area contributed by atoms with Crippen molar-refractivity contribution in [3.8, 4) is 16.9 Å². The highest BCUT2D eigenvalue weighted by atomic mass is 19.1. The van der Waals surface area contributed by atoms with Crippen molar-refractivity contribution < 1.29 is 13.9 Å². The first kappa shape index (κ1) is 22.0. The van der Waals surface area contributed by atoms with Gasteiger partial charge in [0.2, 0.25) is 0 Å². The molecule has 159 valence electrons. The van der Waals surface area contributed by atoms with Gasteiger partial charge in [-0.25, -0.2) is 9.37 Å². The molecule has 1 aromatic carbocycles. The Hall–Kier alpha value is -3.74. The zero-order valence-electron chi connectivity index (χ0n) is 17.7. The molecule has 2 heterocycles. The molecule has 0 aliphatic rings. The second kappa shape index (κ2) is 8.55. The number of ether oxygens (including phenoxy) is 1. The highest BCUT2D eigenvalue weighted by Crippen LogP contribution is 2.38. The molecule has 0 atom stereocenters. The molecule has 3 rings (SSSR count). The van der Waals surface area contributed by atoms with E-state index < -0.39 is 17.3 Å². The average molecular weight is 420 g/mol. The summed E-state index contributed by atoms with van der Waals surface area (Å²) in [5.74, 6) is -0.586. The fourth-order valence-electron chi connectivity index (χ4n) is 3.19. The Morgan fingerprint density at radius 1 is 1.26 bits per heavy atom. The van der Waals surface area contributed by atoms with Crippen molar-refractivity contribution in [3.63, 3.8) is 0 Å². The summed E-state index contributed by atoms with van der Waals surface area (Å²) < 4.78 is 19.5. The molecule has 0 bridgehead atoms. The number of carbonyl (C=O) groups excluding carboxylic acids is 1. The van der Waals surface area contributed by atoms with Crippen LogP contribution in [-0.4, -0.2) is 23.0 Å². The maximum absolute atomic E-state index is 13.8. The molecule has 2 aromatic heterocycles. The summed E-state index contributed by atoms with van der Waals surface area (Å²) in [7, 11) is 1.57. The van der Waals surface area contributed by atoms with Crippen molar-refractivity contribution in [1.82, 2.24) is 9.97 Å². The minimum atomic E-state index is -0.671. The third-order valence-electron chi connectivity index (χ3n) is 4.69. The van der Waals surface area contributed by atoms with E-state index in [0.29, 0.717) is 22.6 Å². The van der Waals surface area contributed by atoms with Crippen LogP contribution in [0.3, 0.4) is 0 Å². The third-order valence-corrected chi connectivity index (χ3v) is 4.69. The number of hydrogen-bond acceptors (Lipinski definition) is 4. The smallest absolute Gasteiger partial charge is 0.267 e. The summed E-state index contributed by atoms with van der Waals surface area (Å²) in [4.78, 5) is 30.3. The van der Waals surface area contributed by atoms with E-state index in [0.717, 1.165) is 11.8 Å². The Kier molecular flexibility index (Phi) is 6.06. The molecule has 0 aliphatic carbocycles. The predicted molar refractivity (Wildman–Crippen MR) is 118 cm³/mol. The van der Waals surface area contributed by atoms with Gasteiger partial charge in [0.25, 0.3) is 11.5 Å². The van der Waals surface area contributed by atoms with E-state index in [2.05, 4.69) is 16.0 Å². The topological polar surface area (TPSA) is 98.1 Å². The summed E-state index contributed by atoms with van der Waals surface area (Å²) >= 11 is 0. The molecule has 0 saturated heterocycles. The van der Waals surface area contributed by atoms with Gasteiger partial charge in [0.05, 0.1) is 12.8 Å². The van der Waals surface area contributed by atoms with Gasteiger partial charge in [0.15, 0.2) is 0 Å². The number of pyridine rings is 2. The van der Waals surface area contributed by atoms with Crippen LogP contribution >= 0.6 is 0 Å². The summed E-state index contributed by atoms with van der Waals surface area (Å²) in [6.07, 6.45) is 4.48. The number of hydrogen-bond donors (Lipinski definition) is 2. The zero-order valence-corrected chi connectivity index (χ0v) is 17.7. The Labute approximate surface area is 179 Å². The van der Waals surface area contributed by atoms with Gasteiger partial charge in [-0.15, -0.1) is 0 Å². The van der Waals surface area contributed by atoms with Gasteiger partial charge < -0.3 is 15.5 Å². The van der Waals surface area contributed by atoms with E-state index in [4.69, 9.17) is 10.5 Å². The van der Waals surface area contributed by atoms with Gasteiger partial charge in [-0.05, 0) is 53.5 Å². The molecule has 0 saturated carbocycles. The van der Waals surface area contributed by atoms with Crippen LogP contribution in [0.2, 0.25) is 0 Å². The van der Waals surface area contributed by atoms with Crippen LogP contribution in [0.4, 0.5) is 4.39 Å². The van der Waals surface area contributed by atoms with Crippen LogP contribution in [0.5, 0.6) is 5.75 Å². The van der Waals surface area contributed by atoms with Crippen molar-refractivity contribution in [1.29, 1.82) is 0 Å². The number of aromatic nitrogens is 2. The number of H-pyrrole nitrogens is 1. The van der Waals surface area contributed by atoms with Crippen molar-refractivity contribution in [2.75, 3.05) is 7.11 Å². The Balaban J connectivity index is 2.21. The molecular formula is C24H23FN3O3. The number of carbonyl (C=O) groups is 1. The third kappa shape index (κ3) is 4.88. The van der Waals surface area contributed by atoms with Crippen LogP contribution < -0.4 is 16.0 Å². The van der Waals surface area contributed by atoms with Crippen LogP contribution in [0.15, 0.2) is 41.3 Å². The first-order chi connectivity index (χ1) is 14.6.